The number of hydrogen-bond donors (Lipinski definition) is 4. The topological polar surface area (TPSA) is 136 Å². The first-order valence-corrected chi connectivity index (χ1v) is 15.0. The molecular formula is C32H33N6O3P. The van der Waals surface area contributed by atoms with Crippen molar-refractivity contribution in [3.05, 3.63) is 114 Å². The Bertz CT molecular complexity index is 1460. The molecule has 0 saturated carbocycles. The number of nitrogens with zero attached hydrogens (tertiary/aromatic N) is 2. The van der Waals surface area contributed by atoms with Crippen LogP contribution < -0.4 is 31.9 Å². The minimum absolute atomic E-state index is 0.142. The molecule has 4 N–H and O–H groups in total. The second kappa shape index (κ2) is 15.3. The van der Waals surface area contributed by atoms with Gasteiger partial charge in [0.2, 0.25) is 5.91 Å². The van der Waals surface area contributed by atoms with Crippen LogP contribution in [0.5, 0.6) is 0 Å². The summed E-state index contributed by atoms with van der Waals surface area (Å²) in [5.41, 5.74) is 7.90. The third-order valence-corrected chi connectivity index (χ3v) is 9.12. The molecule has 10 heteroatoms. The Balaban J connectivity index is 1.37. The first-order valence-electron chi connectivity index (χ1n) is 13.6. The Morgan fingerprint density at radius 2 is 1.48 bits per heavy atom. The summed E-state index contributed by atoms with van der Waals surface area (Å²) in [5.74, 6) is -0.694. The lowest BCUT2D eigenvalue weighted by atomic mass is 10.1. The number of benzene rings is 3. The highest BCUT2D eigenvalue weighted by molar-refractivity contribution is 7.80. The maximum atomic E-state index is 13.4. The fourth-order valence-corrected chi connectivity index (χ4v) is 6.93. The normalized spacial score (nSPS) is 11.4. The number of unbranched alkanes of at least 4 members (excludes halogenated alkanes) is 1. The van der Waals surface area contributed by atoms with E-state index in [4.69, 9.17) is 5.53 Å². The summed E-state index contributed by atoms with van der Waals surface area (Å²) in [6.45, 7) is 0.429. The van der Waals surface area contributed by atoms with Gasteiger partial charge in [0.25, 0.3) is 11.8 Å². The second-order valence-electron chi connectivity index (χ2n) is 9.43. The van der Waals surface area contributed by atoms with E-state index in [-0.39, 0.29) is 23.2 Å². The van der Waals surface area contributed by atoms with E-state index in [1.807, 2.05) is 60.7 Å². The number of hydrogen-bond acceptors (Lipinski definition) is 6. The van der Waals surface area contributed by atoms with E-state index in [1.165, 1.54) is 36.0 Å². The predicted molar refractivity (Wildman–Crippen MR) is 166 cm³/mol. The zero-order valence-corrected chi connectivity index (χ0v) is 24.2. The van der Waals surface area contributed by atoms with Crippen LogP contribution in [0.3, 0.4) is 0 Å². The second-order valence-corrected chi connectivity index (χ2v) is 11.6. The molecule has 0 bridgehead atoms. The zero-order chi connectivity index (χ0) is 29.7. The molecule has 1 unspecified atom stereocenters. The van der Waals surface area contributed by atoms with E-state index in [0.717, 1.165) is 5.30 Å². The largest absolute Gasteiger partial charge is 0.357 e. The van der Waals surface area contributed by atoms with Crippen molar-refractivity contribution in [3.63, 3.8) is 0 Å². The van der Waals surface area contributed by atoms with Crippen LogP contribution in [-0.4, -0.2) is 42.3 Å². The molecule has 42 heavy (non-hydrogen) atoms. The highest BCUT2D eigenvalue weighted by Crippen LogP contribution is 2.34. The smallest absolute Gasteiger partial charge is 0.253 e. The first kappa shape index (κ1) is 30.2. The fourth-order valence-electron chi connectivity index (χ4n) is 4.48. The molecule has 0 fully saturated rings. The van der Waals surface area contributed by atoms with Crippen molar-refractivity contribution < 1.29 is 14.4 Å². The molecule has 1 atom stereocenters. The quantitative estimate of drug-likeness (QED) is 0.108. The lowest BCUT2D eigenvalue weighted by molar-refractivity contribution is -0.122. The van der Waals surface area contributed by atoms with E-state index in [9.17, 15) is 14.4 Å². The number of pyridine rings is 1. The SMILES string of the molecule is CNC(=O)C(CCCCNC(=O)c1ccccc1P(c1ccccc1)c1ccccc1)NC(=O)c1ccc(N=N)nc1. The standard InChI is InChI=1S/C32H33N6O3P/c1-34-32(41)27(37-30(39)23-19-20-29(38-33)36-22-23)17-10-11-21-35-31(40)26-16-8-9-18-28(26)42(24-12-4-2-5-13-24)25-14-6-3-7-15-25/h2-9,12-16,18-20,22,27,33H,10-11,17,21H2,1H3,(H,34,41)(H,35,40)(H,37,39). The van der Waals surface area contributed by atoms with Crippen LogP contribution in [0.15, 0.2) is 108 Å². The molecule has 0 aliphatic heterocycles. The highest BCUT2D eigenvalue weighted by Gasteiger charge is 2.23. The molecule has 0 aliphatic carbocycles. The highest BCUT2D eigenvalue weighted by atomic mass is 31.1. The van der Waals surface area contributed by atoms with Crippen molar-refractivity contribution in [1.82, 2.24) is 20.9 Å². The fraction of sp³-hybridized carbons (Fsp3) is 0.188. The predicted octanol–water partition coefficient (Wildman–Crippen LogP) is 3.95. The summed E-state index contributed by atoms with van der Waals surface area (Å²) in [7, 11) is 0.585. The number of amides is 3. The molecule has 4 aromatic rings. The first-order chi connectivity index (χ1) is 20.5. The Kier molecular flexibility index (Phi) is 11.0. The molecule has 0 spiro atoms. The van der Waals surface area contributed by atoms with Crippen molar-refractivity contribution in [3.8, 4) is 0 Å². The Morgan fingerprint density at radius 3 is 2.07 bits per heavy atom. The zero-order valence-electron chi connectivity index (χ0n) is 23.3. The average molecular weight is 581 g/mol. The average Bonchev–Trinajstić information content (AvgIpc) is 3.05. The summed E-state index contributed by atoms with van der Waals surface area (Å²) < 4.78 is 0. The van der Waals surface area contributed by atoms with Gasteiger partial charge in [0.05, 0.1) is 5.56 Å². The lowest BCUT2D eigenvalue weighted by Gasteiger charge is -2.22. The molecule has 4 rings (SSSR count). The van der Waals surface area contributed by atoms with Gasteiger partial charge in [-0.25, -0.2) is 10.5 Å². The van der Waals surface area contributed by atoms with Gasteiger partial charge in [0, 0.05) is 25.4 Å². The van der Waals surface area contributed by atoms with Crippen molar-refractivity contribution in [2.45, 2.75) is 25.3 Å². The Labute approximate surface area is 246 Å². The van der Waals surface area contributed by atoms with E-state index in [0.29, 0.717) is 31.4 Å². The number of carbonyl (C=O) groups is 3. The third-order valence-electron chi connectivity index (χ3n) is 6.62. The van der Waals surface area contributed by atoms with E-state index in [1.54, 1.807) is 0 Å². The molecule has 0 aliphatic rings. The maximum absolute atomic E-state index is 13.4. The van der Waals surface area contributed by atoms with Crippen LogP contribution >= 0.6 is 7.92 Å². The van der Waals surface area contributed by atoms with Crippen LogP contribution in [0.2, 0.25) is 0 Å². The molecular weight excluding hydrogens is 547 g/mol. The van der Waals surface area contributed by atoms with Gasteiger partial charge in [0.15, 0.2) is 5.82 Å². The van der Waals surface area contributed by atoms with E-state index in [2.05, 4.69) is 50.3 Å². The van der Waals surface area contributed by atoms with Crippen molar-refractivity contribution in [2.24, 2.45) is 5.11 Å². The molecule has 0 radical (unpaired) electrons. The Morgan fingerprint density at radius 1 is 0.833 bits per heavy atom. The summed E-state index contributed by atoms with van der Waals surface area (Å²) >= 11 is 0. The minimum Gasteiger partial charge on any atom is -0.357 e. The van der Waals surface area contributed by atoms with Gasteiger partial charge in [-0.1, -0.05) is 78.9 Å². The van der Waals surface area contributed by atoms with Crippen molar-refractivity contribution in [2.75, 3.05) is 13.6 Å². The van der Waals surface area contributed by atoms with Gasteiger partial charge in [-0.15, -0.1) is 5.11 Å². The summed E-state index contributed by atoms with van der Waals surface area (Å²) in [6.07, 6.45) is 2.96. The molecule has 9 nitrogen and oxygen atoms in total. The maximum Gasteiger partial charge on any atom is 0.253 e. The van der Waals surface area contributed by atoms with Gasteiger partial charge >= 0.3 is 0 Å². The van der Waals surface area contributed by atoms with E-state index < -0.39 is 19.9 Å². The van der Waals surface area contributed by atoms with Gasteiger partial charge in [0.1, 0.15) is 6.04 Å². The lowest BCUT2D eigenvalue weighted by Crippen LogP contribution is -2.45. The molecule has 3 amide bonds. The molecule has 1 heterocycles. The van der Waals surface area contributed by atoms with Gasteiger partial charge in [-0.3, -0.25) is 14.4 Å². The van der Waals surface area contributed by atoms with Crippen LogP contribution in [0.4, 0.5) is 5.82 Å². The van der Waals surface area contributed by atoms with Crippen LogP contribution in [0.25, 0.3) is 0 Å². The van der Waals surface area contributed by atoms with Crippen LogP contribution in [0.1, 0.15) is 40.0 Å². The van der Waals surface area contributed by atoms with E-state index >= 15 is 0 Å². The monoisotopic (exact) mass is 580 g/mol. The number of rotatable bonds is 13. The number of likely N-dealkylation sites (N-methyl/N-ethyl adjacent to an activating group) is 1. The summed E-state index contributed by atoms with van der Waals surface area (Å²) in [5, 5.41) is 14.9. The number of carbonyl (C=O) groups excluding carboxylic acids is 3. The molecule has 1 aromatic heterocycles. The van der Waals surface area contributed by atoms with Crippen LogP contribution in [-0.2, 0) is 4.79 Å². The van der Waals surface area contributed by atoms with Gasteiger partial charge < -0.3 is 16.0 Å². The Hall–Kier alpha value is -4.75. The molecule has 3 aromatic carbocycles. The number of aromatic nitrogens is 1. The molecule has 0 saturated heterocycles. The van der Waals surface area contributed by atoms with Crippen molar-refractivity contribution >= 4 is 47.4 Å². The minimum atomic E-state index is -0.934. The number of nitrogens with one attached hydrogen (secondary N) is 4. The van der Waals surface area contributed by atoms with Crippen molar-refractivity contribution in [1.29, 1.82) is 5.53 Å². The van der Waals surface area contributed by atoms with Gasteiger partial charge in [-0.05, 0) is 61.3 Å². The summed E-state index contributed by atoms with van der Waals surface area (Å²) in [6, 6.07) is 30.5. The van der Waals surface area contributed by atoms with Crippen LogP contribution in [0, 0.1) is 5.53 Å². The molecule has 214 valence electrons. The van der Waals surface area contributed by atoms with Gasteiger partial charge in [-0.2, -0.15) is 0 Å². The third kappa shape index (κ3) is 7.92. The summed E-state index contributed by atoms with van der Waals surface area (Å²) in [4.78, 5) is 42.4.